The average molecular weight is 365 g/mol. The van der Waals surface area contributed by atoms with E-state index in [2.05, 4.69) is 13.0 Å². The molecule has 3 aromatic rings. The molecular weight excluding hydrogens is 338 g/mol. The summed E-state index contributed by atoms with van der Waals surface area (Å²) >= 11 is 0. The Hall–Kier alpha value is -2.75. The van der Waals surface area contributed by atoms with Crippen LogP contribution in [0.2, 0.25) is 0 Å². The fourth-order valence-electron chi connectivity index (χ4n) is 3.34. The van der Waals surface area contributed by atoms with Gasteiger partial charge in [0.25, 0.3) is 0 Å². The van der Waals surface area contributed by atoms with Gasteiger partial charge < -0.3 is 14.4 Å². The maximum absolute atomic E-state index is 12.6. The molecule has 1 heterocycles. The van der Waals surface area contributed by atoms with Crippen molar-refractivity contribution in [3.63, 3.8) is 0 Å². The smallest absolute Gasteiger partial charge is 0.222 e. The zero-order chi connectivity index (χ0) is 19.2. The van der Waals surface area contributed by atoms with E-state index in [1.165, 1.54) is 0 Å². The van der Waals surface area contributed by atoms with Crippen LogP contribution in [0.4, 0.5) is 0 Å². The van der Waals surface area contributed by atoms with Gasteiger partial charge >= 0.3 is 0 Å². The van der Waals surface area contributed by atoms with Crippen LogP contribution in [0.15, 0.2) is 52.9 Å². The summed E-state index contributed by atoms with van der Waals surface area (Å²) in [4.78, 5) is 14.4. The molecule has 0 bridgehead atoms. The predicted octanol–water partition coefficient (Wildman–Crippen LogP) is 5.07. The van der Waals surface area contributed by atoms with E-state index in [4.69, 9.17) is 4.42 Å². The normalized spacial score (nSPS) is 11.0. The molecule has 0 aliphatic heterocycles. The quantitative estimate of drug-likeness (QED) is 0.606. The number of para-hydroxylation sites is 2. The van der Waals surface area contributed by atoms with Crippen molar-refractivity contribution in [2.45, 2.75) is 45.6 Å². The van der Waals surface area contributed by atoms with E-state index in [0.717, 1.165) is 47.1 Å². The molecule has 0 unspecified atom stereocenters. The summed E-state index contributed by atoms with van der Waals surface area (Å²) in [7, 11) is 1.83. The molecule has 0 saturated carbocycles. The van der Waals surface area contributed by atoms with Crippen LogP contribution in [0.3, 0.4) is 0 Å². The van der Waals surface area contributed by atoms with Crippen LogP contribution < -0.4 is 0 Å². The fraction of sp³-hybridized carbons (Fsp3) is 0.348. The molecule has 1 N–H and O–H groups in total. The summed E-state index contributed by atoms with van der Waals surface area (Å²) in [5.41, 5.74) is 2.79. The first-order chi connectivity index (χ1) is 13.1. The average Bonchev–Trinajstić information content (AvgIpc) is 3.03. The number of aryl methyl sites for hydroxylation is 2. The maximum atomic E-state index is 12.6. The number of aromatic hydroxyl groups is 1. The molecule has 0 saturated heterocycles. The highest BCUT2D eigenvalue weighted by Crippen LogP contribution is 2.28. The minimum Gasteiger partial charge on any atom is -0.508 e. The zero-order valence-electron chi connectivity index (χ0n) is 16.1. The first-order valence-electron chi connectivity index (χ1n) is 9.60. The van der Waals surface area contributed by atoms with Crippen molar-refractivity contribution in [3.8, 4) is 5.75 Å². The van der Waals surface area contributed by atoms with E-state index >= 15 is 0 Å². The SMILES string of the molecule is CCCCc1oc2ccccc2c1CN(C)C(=O)CCc1ccccc1O. The Labute approximate surface area is 160 Å². The number of hydrogen-bond donors (Lipinski definition) is 1. The summed E-state index contributed by atoms with van der Waals surface area (Å²) in [6.45, 7) is 2.70. The number of hydrogen-bond acceptors (Lipinski definition) is 3. The van der Waals surface area contributed by atoms with Crippen molar-refractivity contribution < 1.29 is 14.3 Å². The van der Waals surface area contributed by atoms with Gasteiger partial charge in [-0.1, -0.05) is 49.7 Å². The fourth-order valence-corrected chi connectivity index (χ4v) is 3.34. The van der Waals surface area contributed by atoms with Crippen molar-refractivity contribution in [1.82, 2.24) is 4.90 Å². The molecule has 0 spiro atoms. The molecule has 1 aromatic heterocycles. The summed E-state index contributed by atoms with van der Waals surface area (Å²) in [5.74, 6) is 1.29. The lowest BCUT2D eigenvalue weighted by Crippen LogP contribution is -2.26. The van der Waals surface area contributed by atoms with Crippen LogP contribution in [0.5, 0.6) is 5.75 Å². The van der Waals surface area contributed by atoms with Gasteiger partial charge in [0, 0.05) is 37.4 Å². The summed E-state index contributed by atoms with van der Waals surface area (Å²) in [6.07, 6.45) is 3.96. The van der Waals surface area contributed by atoms with Crippen LogP contribution in [0.1, 0.15) is 43.1 Å². The van der Waals surface area contributed by atoms with E-state index in [-0.39, 0.29) is 11.7 Å². The largest absolute Gasteiger partial charge is 0.508 e. The van der Waals surface area contributed by atoms with Gasteiger partial charge in [-0.15, -0.1) is 0 Å². The molecule has 27 heavy (non-hydrogen) atoms. The number of phenolic OH excluding ortho intramolecular Hbond substituents is 1. The molecule has 4 heteroatoms. The highest BCUT2D eigenvalue weighted by Gasteiger charge is 2.18. The van der Waals surface area contributed by atoms with Gasteiger partial charge in [0.1, 0.15) is 17.1 Å². The van der Waals surface area contributed by atoms with Crippen LogP contribution in [0, 0.1) is 0 Å². The van der Waals surface area contributed by atoms with E-state index in [9.17, 15) is 9.90 Å². The van der Waals surface area contributed by atoms with E-state index < -0.39 is 0 Å². The van der Waals surface area contributed by atoms with Gasteiger partial charge in [-0.3, -0.25) is 4.79 Å². The van der Waals surface area contributed by atoms with Crippen molar-refractivity contribution in [2.24, 2.45) is 0 Å². The maximum Gasteiger partial charge on any atom is 0.222 e. The van der Waals surface area contributed by atoms with E-state index in [0.29, 0.717) is 19.4 Å². The Morgan fingerprint density at radius 2 is 1.81 bits per heavy atom. The number of benzene rings is 2. The highest BCUT2D eigenvalue weighted by molar-refractivity contribution is 5.83. The molecule has 0 atom stereocenters. The number of nitrogens with zero attached hydrogens (tertiary/aromatic N) is 1. The van der Waals surface area contributed by atoms with Crippen LogP contribution in [0.25, 0.3) is 11.0 Å². The number of phenols is 1. The molecule has 142 valence electrons. The highest BCUT2D eigenvalue weighted by atomic mass is 16.3. The Bertz CT molecular complexity index is 913. The standard InChI is InChI=1S/C23H27NO3/c1-3-4-12-22-19(18-10-6-8-13-21(18)27-22)16-24(2)23(26)15-14-17-9-5-7-11-20(17)25/h5-11,13,25H,3-4,12,14-16H2,1-2H3. The molecule has 1 amide bonds. The Kier molecular flexibility index (Phi) is 6.17. The van der Waals surface area contributed by atoms with Gasteiger partial charge in [-0.05, 0) is 30.5 Å². The molecular formula is C23H27NO3. The van der Waals surface area contributed by atoms with Crippen LogP contribution in [-0.2, 0) is 24.2 Å². The van der Waals surface area contributed by atoms with E-state index in [1.54, 1.807) is 17.0 Å². The Morgan fingerprint density at radius 1 is 1.07 bits per heavy atom. The third-order valence-electron chi connectivity index (χ3n) is 4.96. The topological polar surface area (TPSA) is 53.7 Å². The summed E-state index contributed by atoms with van der Waals surface area (Å²) < 4.78 is 6.06. The molecule has 0 fully saturated rings. The lowest BCUT2D eigenvalue weighted by molar-refractivity contribution is -0.130. The second-order valence-corrected chi connectivity index (χ2v) is 6.98. The van der Waals surface area contributed by atoms with Gasteiger partial charge in [-0.2, -0.15) is 0 Å². The number of carbonyl (C=O) groups excluding carboxylic acids is 1. The minimum atomic E-state index is 0.0602. The number of furan rings is 1. The number of carbonyl (C=O) groups is 1. The number of fused-ring (bicyclic) bond motifs is 1. The van der Waals surface area contributed by atoms with Gasteiger partial charge in [0.15, 0.2) is 0 Å². The minimum absolute atomic E-state index is 0.0602. The lowest BCUT2D eigenvalue weighted by Gasteiger charge is -2.18. The van der Waals surface area contributed by atoms with Crippen molar-refractivity contribution in [1.29, 1.82) is 0 Å². The van der Waals surface area contributed by atoms with Crippen LogP contribution in [-0.4, -0.2) is 23.0 Å². The number of unbranched alkanes of at least 4 members (excludes halogenated alkanes) is 1. The molecule has 4 nitrogen and oxygen atoms in total. The number of rotatable bonds is 8. The van der Waals surface area contributed by atoms with Gasteiger partial charge in [0.2, 0.25) is 5.91 Å². The second-order valence-electron chi connectivity index (χ2n) is 6.98. The third-order valence-corrected chi connectivity index (χ3v) is 4.96. The van der Waals surface area contributed by atoms with Crippen molar-refractivity contribution >= 4 is 16.9 Å². The number of amides is 1. The summed E-state index contributed by atoms with van der Waals surface area (Å²) in [5, 5.41) is 11.0. The third kappa shape index (κ3) is 4.51. The van der Waals surface area contributed by atoms with Gasteiger partial charge in [0.05, 0.1) is 0 Å². The van der Waals surface area contributed by atoms with E-state index in [1.807, 2.05) is 37.4 Å². The summed E-state index contributed by atoms with van der Waals surface area (Å²) in [6, 6.07) is 15.2. The monoisotopic (exact) mass is 365 g/mol. The van der Waals surface area contributed by atoms with Gasteiger partial charge in [-0.25, -0.2) is 0 Å². The zero-order valence-corrected chi connectivity index (χ0v) is 16.1. The second kappa shape index (κ2) is 8.76. The van der Waals surface area contributed by atoms with Crippen molar-refractivity contribution in [2.75, 3.05) is 7.05 Å². The molecule has 3 rings (SSSR count). The van der Waals surface area contributed by atoms with Crippen LogP contribution >= 0.6 is 0 Å². The first kappa shape index (κ1) is 19.0. The lowest BCUT2D eigenvalue weighted by atomic mass is 10.1. The Morgan fingerprint density at radius 3 is 2.59 bits per heavy atom. The molecule has 0 radical (unpaired) electrons. The first-order valence-corrected chi connectivity index (χ1v) is 9.60. The van der Waals surface area contributed by atoms with Crippen molar-refractivity contribution in [3.05, 3.63) is 65.4 Å². The molecule has 2 aromatic carbocycles. The predicted molar refractivity (Wildman–Crippen MR) is 108 cm³/mol. The molecule has 0 aliphatic rings. The molecule has 0 aliphatic carbocycles. The Balaban J connectivity index is 1.71.